The first-order valence-corrected chi connectivity index (χ1v) is 6.67. The molecule has 96 valence electrons. The number of nitrogens with zero attached hydrogens (tertiary/aromatic N) is 1. The van der Waals surface area contributed by atoms with Gasteiger partial charge in [0.15, 0.2) is 0 Å². The van der Waals surface area contributed by atoms with Gasteiger partial charge in [-0.3, -0.25) is 4.79 Å². The highest BCUT2D eigenvalue weighted by Gasteiger charge is 2.41. The molecule has 3 rings (SSSR count). The number of nitrogens with one attached hydrogen (secondary N) is 1. The van der Waals surface area contributed by atoms with Gasteiger partial charge in [-0.1, -0.05) is 23.2 Å². The summed E-state index contributed by atoms with van der Waals surface area (Å²) >= 11 is 11.5. The van der Waals surface area contributed by atoms with Crippen LogP contribution >= 0.6 is 23.2 Å². The third-order valence-corrected chi connectivity index (χ3v) is 3.83. The first-order valence-electron chi connectivity index (χ1n) is 5.91. The zero-order valence-corrected chi connectivity index (χ0v) is 11.0. The summed E-state index contributed by atoms with van der Waals surface area (Å²) in [5.41, 5.74) is 0.433. The molecule has 0 aromatic carbocycles. The predicted octanol–water partition coefficient (Wildman–Crippen LogP) is 2.44. The van der Waals surface area contributed by atoms with Gasteiger partial charge in [0, 0.05) is 5.56 Å². The number of halogens is 2. The minimum atomic E-state index is -0.178. The molecule has 0 radical (unpaired) electrons. The van der Waals surface area contributed by atoms with Gasteiger partial charge in [-0.25, -0.2) is 4.98 Å². The van der Waals surface area contributed by atoms with Crippen molar-refractivity contribution in [2.45, 2.75) is 37.5 Å². The van der Waals surface area contributed by atoms with Crippen molar-refractivity contribution in [1.82, 2.24) is 10.3 Å². The molecule has 1 N–H and O–H groups in total. The number of fused-ring (bicyclic) bond motifs is 2. The fourth-order valence-corrected chi connectivity index (χ4v) is 3.10. The summed E-state index contributed by atoms with van der Waals surface area (Å²) in [5, 5.41) is 3.41. The monoisotopic (exact) mass is 286 g/mol. The van der Waals surface area contributed by atoms with E-state index in [0.717, 1.165) is 19.3 Å². The van der Waals surface area contributed by atoms with E-state index in [1.807, 2.05) is 0 Å². The summed E-state index contributed by atoms with van der Waals surface area (Å²) in [4.78, 5) is 15.9. The molecule has 2 saturated heterocycles. The van der Waals surface area contributed by atoms with Crippen LogP contribution in [0.3, 0.4) is 0 Å². The van der Waals surface area contributed by atoms with Gasteiger partial charge in [0.25, 0.3) is 5.91 Å². The minimum Gasteiger partial charge on any atom is -0.373 e. The lowest BCUT2D eigenvalue weighted by molar-refractivity contribution is 0.0841. The summed E-state index contributed by atoms with van der Waals surface area (Å²) < 4.78 is 5.69. The number of carbonyl (C=O) groups is 1. The fraction of sp³-hybridized carbons (Fsp3) is 0.500. The highest BCUT2D eigenvalue weighted by molar-refractivity contribution is 6.33. The molecule has 3 atom stereocenters. The third kappa shape index (κ3) is 2.32. The van der Waals surface area contributed by atoms with E-state index >= 15 is 0 Å². The summed E-state index contributed by atoms with van der Waals surface area (Å²) in [7, 11) is 0. The van der Waals surface area contributed by atoms with Crippen molar-refractivity contribution in [3.8, 4) is 0 Å². The molecular weight excluding hydrogens is 275 g/mol. The van der Waals surface area contributed by atoms with Crippen LogP contribution in [-0.2, 0) is 4.74 Å². The van der Waals surface area contributed by atoms with Crippen molar-refractivity contribution in [1.29, 1.82) is 0 Å². The Morgan fingerprint density at radius 1 is 1.33 bits per heavy atom. The Morgan fingerprint density at radius 2 is 2.06 bits per heavy atom. The molecule has 3 unspecified atom stereocenters. The normalized spacial score (nSPS) is 29.6. The maximum atomic E-state index is 12.1. The van der Waals surface area contributed by atoms with Gasteiger partial charge >= 0.3 is 0 Å². The van der Waals surface area contributed by atoms with Crippen LogP contribution in [0.25, 0.3) is 0 Å². The van der Waals surface area contributed by atoms with Crippen LogP contribution in [0, 0.1) is 0 Å². The fourth-order valence-electron chi connectivity index (χ4n) is 2.64. The molecule has 2 aliphatic rings. The second-order valence-corrected chi connectivity index (χ2v) is 5.47. The van der Waals surface area contributed by atoms with Gasteiger partial charge in [0.1, 0.15) is 10.3 Å². The van der Waals surface area contributed by atoms with Crippen molar-refractivity contribution < 1.29 is 9.53 Å². The van der Waals surface area contributed by atoms with Crippen LogP contribution in [-0.4, -0.2) is 29.1 Å². The molecule has 0 aliphatic carbocycles. The van der Waals surface area contributed by atoms with Crippen molar-refractivity contribution in [2.75, 3.05) is 0 Å². The Bertz CT molecular complexity index is 475. The number of aromatic nitrogens is 1. The van der Waals surface area contributed by atoms with Gasteiger partial charge in [0.05, 0.1) is 18.2 Å². The summed E-state index contributed by atoms with van der Waals surface area (Å²) in [6.07, 6.45) is 3.48. The van der Waals surface area contributed by atoms with E-state index in [2.05, 4.69) is 10.3 Å². The lowest BCUT2D eigenvalue weighted by Gasteiger charge is -2.20. The molecule has 18 heavy (non-hydrogen) atoms. The number of hydrogen-bond acceptors (Lipinski definition) is 3. The average Bonchev–Trinajstić information content (AvgIpc) is 2.89. The number of amides is 1. The molecule has 3 heterocycles. The first-order chi connectivity index (χ1) is 8.61. The Labute approximate surface area is 115 Å². The standard InChI is InChI=1S/C12H12Cl2N2O2/c13-10-3-6(4-11(14)16-10)12(17)15-8-5-7-1-2-9(8)18-7/h3-4,7-9H,1-2,5H2,(H,15,17). The molecule has 6 heteroatoms. The van der Waals surface area contributed by atoms with Crippen molar-refractivity contribution in [2.24, 2.45) is 0 Å². The molecule has 2 aliphatic heterocycles. The first kappa shape index (κ1) is 12.2. The molecular formula is C12H12Cl2N2O2. The van der Waals surface area contributed by atoms with Crippen molar-refractivity contribution >= 4 is 29.1 Å². The Balaban J connectivity index is 1.71. The van der Waals surface area contributed by atoms with Gasteiger partial charge in [-0.15, -0.1) is 0 Å². The zero-order chi connectivity index (χ0) is 12.7. The Morgan fingerprint density at radius 3 is 2.61 bits per heavy atom. The highest BCUT2D eigenvalue weighted by atomic mass is 35.5. The van der Waals surface area contributed by atoms with Crippen LogP contribution in [0.4, 0.5) is 0 Å². The summed E-state index contributed by atoms with van der Waals surface area (Å²) in [6, 6.07) is 3.12. The maximum Gasteiger partial charge on any atom is 0.251 e. The molecule has 0 spiro atoms. The average molecular weight is 287 g/mol. The quantitative estimate of drug-likeness (QED) is 0.850. The molecule has 1 aromatic heterocycles. The third-order valence-electron chi connectivity index (χ3n) is 3.45. The molecule has 0 saturated carbocycles. The predicted molar refractivity (Wildman–Crippen MR) is 68.0 cm³/mol. The number of hydrogen-bond donors (Lipinski definition) is 1. The highest BCUT2D eigenvalue weighted by Crippen LogP contribution is 2.34. The van der Waals surface area contributed by atoms with Crippen LogP contribution in [0.5, 0.6) is 0 Å². The molecule has 4 nitrogen and oxygen atoms in total. The van der Waals surface area contributed by atoms with E-state index in [9.17, 15) is 4.79 Å². The molecule has 1 aromatic rings. The van der Waals surface area contributed by atoms with E-state index in [0.29, 0.717) is 11.7 Å². The number of ether oxygens (including phenoxy) is 1. The second-order valence-electron chi connectivity index (χ2n) is 4.69. The Kier molecular flexibility index (Phi) is 3.18. The van der Waals surface area contributed by atoms with E-state index in [1.165, 1.54) is 12.1 Å². The maximum absolute atomic E-state index is 12.1. The van der Waals surface area contributed by atoms with Crippen LogP contribution < -0.4 is 5.32 Å². The van der Waals surface area contributed by atoms with Gasteiger partial charge < -0.3 is 10.1 Å². The topological polar surface area (TPSA) is 51.2 Å². The lowest BCUT2D eigenvalue weighted by Crippen LogP contribution is -2.41. The SMILES string of the molecule is O=C(NC1CC2CCC1O2)c1cc(Cl)nc(Cl)c1. The van der Waals surface area contributed by atoms with Crippen molar-refractivity contribution in [3.63, 3.8) is 0 Å². The lowest BCUT2D eigenvalue weighted by atomic mass is 9.95. The van der Waals surface area contributed by atoms with Crippen LogP contribution in [0.2, 0.25) is 10.3 Å². The van der Waals surface area contributed by atoms with Crippen LogP contribution in [0.1, 0.15) is 29.6 Å². The summed E-state index contributed by atoms with van der Waals surface area (Å²) in [5.74, 6) is -0.178. The second kappa shape index (κ2) is 4.68. The smallest absolute Gasteiger partial charge is 0.251 e. The van der Waals surface area contributed by atoms with Crippen molar-refractivity contribution in [3.05, 3.63) is 28.0 Å². The Hall–Kier alpha value is -0.840. The minimum absolute atomic E-state index is 0.0990. The van der Waals surface area contributed by atoms with Gasteiger partial charge in [-0.2, -0.15) is 0 Å². The molecule has 1 amide bonds. The van der Waals surface area contributed by atoms with E-state index < -0.39 is 0 Å². The molecule has 2 fully saturated rings. The van der Waals surface area contributed by atoms with E-state index in [-0.39, 0.29) is 28.4 Å². The van der Waals surface area contributed by atoms with Gasteiger partial charge in [0.2, 0.25) is 0 Å². The number of pyridine rings is 1. The largest absolute Gasteiger partial charge is 0.373 e. The summed E-state index contributed by atoms with van der Waals surface area (Å²) in [6.45, 7) is 0. The number of carbonyl (C=O) groups excluding carboxylic acids is 1. The zero-order valence-electron chi connectivity index (χ0n) is 9.53. The van der Waals surface area contributed by atoms with Crippen LogP contribution in [0.15, 0.2) is 12.1 Å². The van der Waals surface area contributed by atoms with E-state index in [1.54, 1.807) is 0 Å². The molecule has 2 bridgehead atoms. The number of rotatable bonds is 2. The van der Waals surface area contributed by atoms with Gasteiger partial charge in [-0.05, 0) is 31.4 Å². The van der Waals surface area contributed by atoms with E-state index in [4.69, 9.17) is 27.9 Å².